The number of thiophene rings is 1. The fourth-order valence-electron chi connectivity index (χ4n) is 1.92. The second kappa shape index (κ2) is 7.09. The lowest BCUT2D eigenvalue weighted by atomic mass is 10.2. The normalized spacial score (nSPS) is 10.6. The van der Waals surface area contributed by atoms with Gasteiger partial charge >= 0.3 is 0 Å². The molecule has 0 radical (unpaired) electrons. The second-order valence-corrected chi connectivity index (χ2v) is 5.52. The molecule has 102 valence electrons. The monoisotopic (exact) mass is 277 g/mol. The van der Waals surface area contributed by atoms with Gasteiger partial charge in [0.2, 0.25) is 5.91 Å². The molecular weight excluding hydrogens is 258 g/mol. The Morgan fingerprint density at radius 2 is 2.37 bits per heavy atom. The van der Waals surface area contributed by atoms with Gasteiger partial charge in [0.05, 0.1) is 0 Å². The highest BCUT2D eigenvalue weighted by Gasteiger charge is 2.03. The van der Waals surface area contributed by atoms with Crippen LogP contribution in [0.4, 0.5) is 0 Å². The molecule has 2 rings (SSSR count). The van der Waals surface area contributed by atoms with Gasteiger partial charge in [0.1, 0.15) is 5.82 Å². The minimum Gasteiger partial charge on any atom is -0.356 e. The van der Waals surface area contributed by atoms with E-state index in [4.69, 9.17) is 0 Å². The Hall–Kier alpha value is -1.62. The second-order valence-electron chi connectivity index (χ2n) is 4.49. The van der Waals surface area contributed by atoms with Gasteiger partial charge in [-0.3, -0.25) is 4.79 Å². The quantitative estimate of drug-likeness (QED) is 0.843. The van der Waals surface area contributed by atoms with E-state index in [1.54, 1.807) is 17.5 Å². The summed E-state index contributed by atoms with van der Waals surface area (Å²) < 4.78 is 1.98. The van der Waals surface area contributed by atoms with Crippen molar-refractivity contribution < 1.29 is 4.79 Å². The Balaban J connectivity index is 1.58. The van der Waals surface area contributed by atoms with Crippen LogP contribution in [-0.2, 0) is 24.7 Å². The Morgan fingerprint density at radius 1 is 1.47 bits per heavy atom. The molecule has 19 heavy (non-hydrogen) atoms. The molecule has 0 unspecified atom stereocenters. The van der Waals surface area contributed by atoms with Crippen molar-refractivity contribution in [3.05, 3.63) is 40.6 Å². The van der Waals surface area contributed by atoms with Crippen LogP contribution in [0.1, 0.15) is 23.5 Å². The highest BCUT2D eigenvalue weighted by atomic mass is 32.1. The van der Waals surface area contributed by atoms with E-state index < -0.39 is 0 Å². The number of aromatic nitrogens is 2. The van der Waals surface area contributed by atoms with Crippen molar-refractivity contribution in [2.45, 2.75) is 25.7 Å². The van der Waals surface area contributed by atoms with Gasteiger partial charge in [0.25, 0.3) is 0 Å². The van der Waals surface area contributed by atoms with Crippen LogP contribution in [-0.4, -0.2) is 22.0 Å². The number of nitrogens with zero attached hydrogens (tertiary/aromatic N) is 2. The molecule has 0 atom stereocenters. The summed E-state index contributed by atoms with van der Waals surface area (Å²) in [5.74, 6) is 1.13. The van der Waals surface area contributed by atoms with Crippen LogP contribution >= 0.6 is 11.3 Å². The van der Waals surface area contributed by atoms with Gasteiger partial charge in [-0.2, -0.15) is 0 Å². The Morgan fingerprint density at radius 3 is 3.05 bits per heavy atom. The number of hydrogen-bond donors (Lipinski definition) is 1. The molecule has 5 heteroatoms. The van der Waals surface area contributed by atoms with Crippen LogP contribution in [0.15, 0.2) is 29.9 Å². The lowest BCUT2D eigenvalue weighted by Gasteiger charge is -2.05. The van der Waals surface area contributed by atoms with E-state index in [1.807, 2.05) is 23.9 Å². The van der Waals surface area contributed by atoms with E-state index in [9.17, 15) is 4.79 Å². The molecule has 0 aromatic carbocycles. The Bertz CT molecular complexity index is 505. The molecule has 2 heterocycles. The molecule has 2 aromatic heterocycles. The Kier molecular flexibility index (Phi) is 5.15. The lowest BCUT2D eigenvalue weighted by molar-refractivity contribution is -0.121. The number of hydrogen-bond acceptors (Lipinski definition) is 3. The van der Waals surface area contributed by atoms with Crippen molar-refractivity contribution >= 4 is 17.2 Å². The third-order valence-electron chi connectivity index (χ3n) is 3.00. The fraction of sp³-hybridized carbons (Fsp3) is 0.429. The van der Waals surface area contributed by atoms with Crippen molar-refractivity contribution in [1.29, 1.82) is 0 Å². The number of carbonyl (C=O) groups excluding carboxylic acids is 1. The van der Waals surface area contributed by atoms with Gasteiger partial charge in [0.15, 0.2) is 0 Å². The summed E-state index contributed by atoms with van der Waals surface area (Å²) in [4.78, 5) is 17.2. The molecule has 2 aromatic rings. The molecule has 0 spiro atoms. The van der Waals surface area contributed by atoms with E-state index in [2.05, 4.69) is 21.7 Å². The van der Waals surface area contributed by atoms with Crippen molar-refractivity contribution in [3.8, 4) is 0 Å². The van der Waals surface area contributed by atoms with Crippen molar-refractivity contribution in [1.82, 2.24) is 14.9 Å². The maximum Gasteiger partial charge on any atom is 0.220 e. The topological polar surface area (TPSA) is 46.9 Å². The van der Waals surface area contributed by atoms with Crippen LogP contribution < -0.4 is 5.32 Å². The summed E-state index contributed by atoms with van der Waals surface area (Å²) in [6.07, 6.45) is 6.97. The molecule has 1 amide bonds. The number of rotatable bonds is 7. The molecular formula is C14H19N3OS. The van der Waals surface area contributed by atoms with Gasteiger partial charge in [-0.05, 0) is 24.3 Å². The molecule has 0 saturated carbocycles. The minimum absolute atomic E-state index is 0.130. The summed E-state index contributed by atoms with van der Waals surface area (Å²) >= 11 is 1.75. The van der Waals surface area contributed by atoms with Crippen LogP contribution in [0, 0.1) is 0 Å². The summed E-state index contributed by atoms with van der Waals surface area (Å²) in [7, 11) is 1.96. The first kappa shape index (κ1) is 13.8. The molecule has 0 bridgehead atoms. The van der Waals surface area contributed by atoms with Crippen LogP contribution in [0.5, 0.6) is 0 Å². The summed E-state index contributed by atoms with van der Waals surface area (Å²) in [5.41, 5.74) is 0. The zero-order chi connectivity index (χ0) is 13.5. The van der Waals surface area contributed by atoms with Crippen molar-refractivity contribution in [2.24, 2.45) is 7.05 Å². The molecule has 1 N–H and O–H groups in total. The van der Waals surface area contributed by atoms with E-state index in [-0.39, 0.29) is 5.91 Å². The molecule has 0 aliphatic heterocycles. The number of carbonyl (C=O) groups is 1. The van der Waals surface area contributed by atoms with E-state index in [1.165, 1.54) is 4.88 Å². The fourth-order valence-corrected chi connectivity index (χ4v) is 2.67. The zero-order valence-corrected chi connectivity index (χ0v) is 11.9. The molecule has 0 aliphatic rings. The maximum absolute atomic E-state index is 11.7. The number of imidazole rings is 1. The molecule has 0 saturated heterocycles. The highest BCUT2D eigenvalue weighted by molar-refractivity contribution is 7.09. The highest BCUT2D eigenvalue weighted by Crippen LogP contribution is 2.11. The Labute approximate surface area is 117 Å². The van der Waals surface area contributed by atoms with Gasteiger partial charge in [-0.1, -0.05) is 6.07 Å². The third kappa shape index (κ3) is 4.52. The summed E-state index contributed by atoms with van der Waals surface area (Å²) in [5, 5.41) is 5.01. The first-order valence-electron chi connectivity index (χ1n) is 6.51. The average molecular weight is 277 g/mol. The molecule has 0 fully saturated rings. The maximum atomic E-state index is 11.7. The van der Waals surface area contributed by atoms with E-state index in [0.29, 0.717) is 13.0 Å². The molecule has 4 nitrogen and oxygen atoms in total. The van der Waals surface area contributed by atoms with Crippen LogP contribution in [0.2, 0.25) is 0 Å². The van der Waals surface area contributed by atoms with Crippen LogP contribution in [0.3, 0.4) is 0 Å². The number of amides is 1. The number of aryl methyl sites for hydroxylation is 2. The van der Waals surface area contributed by atoms with Gasteiger partial charge < -0.3 is 9.88 Å². The predicted molar refractivity (Wildman–Crippen MR) is 77.2 cm³/mol. The first-order chi connectivity index (χ1) is 9.25. The third-order valence-corrected chi connectivity index (χ3v) is 3.94. The van der Waals surface area contributed by atoms with Crippen LogP contribution in [0.25, 0.3) is 0 Å². The zero-order valence-electron chi connectivity index (χ0n) is 11.1. The van der Waals surface area contributed by atoms with Gasteiger partial charge in [0, 0.05) is 43.7 Å². The van der Waals surface area contributed by atoms with Gasteiger partial charge in [-0.25, -0.2) is 4.98 Å². The lowest BCUT2D eigenvalue weighted by Crippen LogP contribution is -2.26. The first-order valence-corrected chi connectivity index (χ1v) is 7.39. The van der Waals surface area contributed by atoms with Gasteiger partial charge in [-0.15, -0.1) is 11.3 Å². The van der Waals surface area contributed by atoms with Crippen molar-refractivity contribution in [2.75, 3.05) is 6.54 Å². The number of nitrogens with one attached hydrogen (secondary N) is 1. The summed E-state index contributed by atoms with van der Waals surface area (Å²) in [6, 6.07) is 4.16. The summed E-state index contributed by atoms with van der Waals surface area (Å²) in [6.45, 7) is 0.655. The minimum atomic E-state index is 0.130. The smallest absolute Gasteiger partial charge is 0.220 e. The SMILES string of the molecule is Cn1ccnc1CCNC(=O)CCCc1cccs1. The predicted octanol–water partition coefficient (Wildman–Crippen LogP) is 2.16. The average Bonchev–Trinajstić information content (AvgIpc) is 3.02. The standard InChI is InChI=1S/C14H19N3OS/c1-17-10-9-15-13(17)7-8-16-14(18)6-2-4-12-5-3-11-19-12/h3,5,9-11H,2,4,6-8H2,1H3,(H,16,18). The molecule has 0 aliphatic carbocycles. The largest absolute Gasteiger partial charge is 0.356 e. The van der Waals surface area contributed by atoms with E-state index in [0.717, 1.165) is 25.1 Å². The van der Waals surface area contributed by atoms with Crippen molar-refractivity contribution in [3.63, 3.8) is 0 Å². The van der Waals surface area contributed by atoms with E-state index >= 15 is 0 Å².